The molecule has 14 heavy (non-hydrogen) atoms. The van der Waals surface area contributed by atoms with Crippen LogP contribution in [0.25, 0.3) is 0 Å². The predicted molar refractivity (Wildman–Crippen MR) is 44.8 cm³/mol. The maximum atomic E-state index is 11.5. The van der Waals surface area contributed by atoms with Gasteiger partial charge in [-0.05, 0) is 13.3 Å². The number of nitrogens with one attached hydrogen (secondary N) is 1. The molecule has 0 aromatic carbocycles. The SMILES string of the molecule is CC1(C(=O)NN)CCN(C(=O)O)C1=O. The largest absolute Gasteiger partial charge is 0.465 e. The number of rotatable bonds is 1. The van der Waals surface area contributed by atoms with Crippen LogP contribution in [0.2, 0.25) is 0 Å². The number of carboxylic acid groups (broad SMARTS) is 1. The molecule has 78 valence electrons. The second kappa shape index (κ2) is 3.26. The molecule has 1 heterocycles. The lowest BCUT2D eigenvalue weighted by molar-refractivity contribution is -0.143. The minimum absolute atomic E-state index is 0.0259. The molecule has 0 aromatic rings. The zero-order valence-corrected chi connectivity index (χ0v) is 7.61. The van der Waals surface area contributed by atoms with Gasteiger partial charge in [0.2, 0.25) is 11.8 Å². The summed E-state index contributed by atoms with van der Waals surface area (Å²) in [6.07, 6.45) is -1.19. The normalized spacial score (nSPS) is 26.4. The number of hydrogen-bond donors (Lipinski definition) is 3. The summed E-state index contributed by atoms with van der Waals surface area (Å²) in [5, 5.41) is 8.61. The molecule has 1 unspecified atom stereocenters. The van der Waals surface area contributed by atoms with Crippen LogP contribution in [0.4, 0.5) is 4.79 Å². The van der Waals surface area contributed by atoms with Crippen LogP contribution in [-0.4, -0.2) is 34.5 Å². The topological polar surface area (TPSA) is 113 Å². The molecule has 1 aliphatic rings. The number of nitrogens with two attached hydrogens (primary N) is 1. The van der Waals surface area contributed by atoms with E-state index in [2.05, 4.69) is 0 Å². The first-order valence-electron chi connectivity index (χ1n) is 3.99. The molecule has 0 saturated carbocycles. The van der Waals surface area contributed by atoms with E-state index < -0.39 is 23.3 Å². The van der Waals surface area contributed by atoms with Crippen LogP contribution in [0.5, 0.6) is 0 Å². The van der Waals surface area contributed by atoms with Crippen LogP contribution >= 0.6 is 0 Å². The van der Waals surface area contributed by atoms with E-state index in [1.807, 2.05) is 5.43 Å². The Morgan fingerprint density at radius 2 is 2.21 bits per heavy atom. The van der Waals surface area contributed by atoms with Crippen molar-refractivity contribution in [2.24, 2.45) is 11.3 Å². The van der Waals surface area contributed by atoms with Crippen molar-refractivity contribution in [1.29, 1.82) is 0 Å². The molecule has 1 saturated heterocycles. The summed E-state index contributed by atoms with van der Waals surface area (Å²) < 4.78 is 0. The summed E-state index contributed by atoms with van der Waals surface area (Å²) in [4.78, 5) is 33.9. The summed E-state index contributed by atoms with van der Waals surface area (Å²) in [6.45, 7) is 1.40. The fourth-order valence-electron chi connectivity index (χ4n) is 1.39. The highest BCUT2D eigenvalue weighted by Gasteiger charge is 2.50. The Bertz CT molecular complexity index is 303. The van der Waals surface area contributed by atoms with Crippen molar-refractivity contribution in [2.75, 3.05) is 6.54 Å². The van der Waals surface area contributed by atoms with E-state index in [4.69, 9.17) is 10.9 Å². The number of hydrogen-bond acceptors (Lipinski definition) is 4. The van der Waals surface area contributed by atoms with E-state index >= 15 is 0 Å². The van der Waals surface area contributed by atoms with Crippen LogP contribution in [0.1, 0.15) is 13.3 Å². The number of carbonyl (C=O) groups excluding carboxylic acids is 2. The third-order valence-electron chi connectivity index (χ3n) is 2.42. The van der Waals surface area contributed by atoms with Crippen molar-refractivity contribution in [2.45, 2.75) is 13.3 Å². The zero-order chi connectivity index (χ0) is 10.9. The van der Waals surface area contributed by atoms with Gasteiger partial charge in [0.05, 0.1) is 0 Å². The molecule has 1 fully saturated rings. The number of amides is 3. The lowest BCUT2D eigenvalue weighted by Gasteiger charge is -2.18. The van der Waals surface area contributed by atoms with Gasteiger partial charge in [-0.25, -0.2) is 15.5 Å². The maximum Gasteiger partial charge on any atom is 0.414 e. The Morgan fingerprint density at radius 3 is 2.57 bits per heavy atom. The fraction of sp³-hybridized carbons (Fsp3) is 0.571. The second-order valence-electron chi connectivity index (χ2n) is 3.29. The van der Waals surface area contributed by atoms with Crippen LogP contribution < -0.4 is 11.3 Å². The van der Waals surface area contributed by atoms with Gasteiger partial charge in [-0.1, -0.05) is 0 Å². The van der Waals surface area contributed by atoms with Crippen LogP contribution in [-0.2, 0) is 9.59 Å². The van der Waals surface area contributed by atoms with Crippen molar-refractivity contribution in [1.82, 2.24) is 10.3 Å². The number of imide groups is 1. The van der Waals surface area contributed by atoms with Gasteiger partial charge in [-0.15, -0.1) is 0 Å². The first kappa shape index (κ1) is 10.5. The molecule has 0 bridgehead atoms. The molecule has 4 N–H and O–H groups in total. The maximum absolute atomic E-state index is 11.5. The monoisotopic (exact) mass is 201 g/mol. The molecule has 3 amide bonds. The Hall–Kier alpha value is -1.63. The highest BCUT2D eigenvalue weighted by molar-refractivity contribution is 6.10. The molecule has 7 nitrogen and oxygen atoms in total. The summed E-state index contributed by atoms with van der Waals surface area (Å²) in [5.41, 5.74) is 0.504. The summed E-state index contributed by atoms with van der Waals surface area (Å²) >= 11 is 0. The molecular formula is C7H11N3O4. The lowest BCUT2D eigenvalue weighted by atomic mass is 9.88. The van der Waals surface area contributed by atoms with Crippen molar-refractivity contribution >= 4 is 17.9 Å². The van der Waals surface area contributed by atoms with Gasteiger partial charge < -0.3 is 5.11 Å². The molecule has 7 heteroatoms. The van der Waals surface area contributed by atoms with E-state index in [1.54, 1.807) is 0 Å². The standard InChI is InChI=1S/C7H11N3O4/c1-7(4(11)9-8)2-3-10(5(7)12)6(13)14/h2-3,8H2,1H3,(H,9,11)(H,13,14). The predicted octanol–water partition coefficient (Wildman–Crippen LogP) is -1.11. The quantitative estimate of drug-likeness (QED) is 0.215. The Balaban J connectivity index is 2.92. The second-order valence-corrected chi connectivity index (χ2v) is 3.29. The minimum atomic E-state index is -1.35. The van der Waals surface area contributed by atoms with Gasteiger partial charge in [-0.3, -0.25) is 15.0 Å². The fourth-order valence-corrected chi connectivity index (χ4v) is 1.39. The average molecular weight is 201 g/mol. The van der Waals surface area contributed by atoms with Gasteiger partial charge in [0.15, 0.2) is 0 Å². The summed E-state index contributed by atoms with van der Waals surface area (Å²) in [6, 6.07) is 0. The molecule has 0 spiro atoms. The van der Waals surface area contributed by atoms with Crippen LogP contribution in [0.15, 0.2) is 0 Å². The molecule has 1 rings (SSSR count). The lowest BCUT2D eigenvalue weighted by Crippen LogP contribution is -2.48. The number of likely N-dealkylation sites (tertiary alicyclic amines) is 1. The third kappa shape index (κ3) is 1.31. The zero-order valence-electron chi connectivity index (χ0n) is 7.61. The molecule has 0 radical (unpaired) electrons. The Labute approximate surface area is 79.8 Å². The van der Waals surface area contributed by atoms with Crippen molar-refractivity contribution < 1.29 is 19.5 Å². The van der Waals surface area contributed by atoms with Gasteiger partial charge >= 0.3 is 6.09 Å². The van der Waals surface area contributed by atoms with Crippen LogP contribution in [0.3, 0.4) is 0 Å². The number of hydrazine groups is 1. The third-order valence-corrected chi connectivity index (χ3v) is 2.42. The first-order chi connectivity index (χ1) is 6.43. The average Bonchev–Trinajstić information content (AvgIpc) is 2.44. The van der Waals surface area contributed by atoms with E-state index in [1.165, 1.54) is 6.92 Å². The van der Waals surface area contributed by atoms with E-state index in [-0.39, 0.29) is 13.0 Å². The molecule has 0 aromatic heterocycles. The molecule has 1 aliphatic heterocycles. The Morgan fingerprint density at radius 1 is 1.64 bits per heavy atom. The number of carbonyl (C=O) groups is 3. The molecular weight excluding hydrogens is 190 g/mol. The van der Waals surface area contributed by atoms with Gasteiger partial charge in [0, 0.05) is 6.54 Å². The summed E-state index contributed by atoms with van der Waals surface area (Å²) in [7, 11) is 0. The summed E-state index contributed by atoms with van der Waals surface area (Å²) in [5.74, 6) is 3.51. The Kier molecular flexibility index (Phi) is 2.43. The molecule has 0 aliphatic carbocycles. The van der Waals surface area contributed by atoms with E-state index in [9.17, 15) is 14.4 Å². The van der Waals surface area contributed by atoms with Crippen molar-refractivity contribution in [3.8, 4) is 0 Å². The smallest absolute Gasteiger partial charge is 0.414 e. The van der Waals surface area contributed by atoms with Crippen molar-refractivity contribution in [3.05, 3.63) is 0 Å². The van der Waals surface area contributed by atoms with Crippen molar-refractivity contribution in [3.63, 3.8) is 0 Å². The highest BCUT2D eigenvalue weighted by Crippen LogP contribution is 2.31. The minimum Gasteiger partial charge on any atom is -0.465 e. The van der Waals surface area contributed by atoms with Gasteiger partial charge in [0.25, 0.3) is 0 Å². The van der Waals surface area contributed by atoms with E-state index in [0.29, 0.717) is 4.90 Å². The molecule has 1 atom stereocenters. The first-order valence-corrected chi connectivity index (χ1v) is 3.99. The number of nitrogens with zero attached hydrogens (tertiary/aromatic N) is 1. The highest BCUT2D eigenvalue weighted by atomic mass is 16.4. The van der Waals surface area contributed by atoms with Crippen LogP contribution in [0, 0.1) is 5.41 Å². The van der Waals surface area contributed by atoms with Gasteiger partial charge in [0.1, 0.15) is 5.41 Å². The van der Waals surface area contributed by atoms with Gasteiger partial charge in [-0.2, -0.15) is 0 Å². The van der Waals surface area contributed by atoms with E-state index in [0.717, 1.165) is 0 Å².